The molecule has 0 spiro atoms. The molecule has 1 aliphatic rings. The molecule has 1 saturated carbocycles. The van der Waals surface area contributed by atoms with Gasteiger partial charge in [0.2, 0.25) is 0 Å². The van der Waals surface area contributed by atoms with E-state index < -0.39 is 0 Å². The summed E-state index contributed by atoms with van der Waals surface area (Å²) in [6.07, 6.45) is 5.41. The van der Waals surface area contributed by atoms with Crippen molar-refractivity contribution in [3.05, 3.63) is 35.4 Å². The summed E-state index contributed by atoms with van der Waals surface area (Å²) in [5.74, 6) is 1.64. The maximum absolute atomic E-state index is 3.59. The van der Waals surface area contributed by atoms with Crippen LogP contribution in [0.5, 0.6) is 0 Å². The Hall–Kier alpha value is -0.820. The third-order valence-corrected chi connectivity index (χ3v) is 4.00. The van der Waals surface area contributed by atoms with Crippen LogP contribution < -0.4 is 5.32 Å². The normalized spacial score (nSPS) is 24.1. The van der Waals surface area contributed by atoms with Gasteiger partial charge in [-0.25, -0.2) is 0 Å². The molecule has 2 unspecified atom stereocenters. The van der Waals surface area contributed by atoms with Gasteiger partial charge in [-0.05, 0) is 56.7 Å². The van der Waals surface area contributed by atoms with Crippen molar-refractivity contribution in [1.82, 2.24) is 5.32 Å². The third kappa shape index (κ3) is 3.32. The van der Waals surface area contributed by atoms with E-state index in [0.29, 0.717) is 0 Å². The van der Waals surface area contributed by atoms with Crippen molar-refractivity contribution in [3.63, 3.8) is 0 Å². The van der Waals surface area contributed by atoms with Crippen LogP contribution in [-0.4, -0.2) is 13.1 Å². The van der Waals surface area contributed by atoms with Crippen LogP contribution in [0.3, 0.4) is 0 Å². The molecule has 1 aliphatic carbocycles. The standard InChI is InChI=1S/C16H25N/c1-3-11-17-12-15-5-4-6-16(15)14-9-7-13(2)8-10-14/h7-10,15-17H,3-6,11-12H2,1-2H3. The van der Waals surface area contributed by atoms with Crippen molar-refractivity contribution in [3.8, 4) is 0 Å². The number of hydrogen-bond donors (Lipinski definition) is 1. The summed E-state index contributed by atoms with van der Waals surface area (Å²) in [6.45, 7) is 6.77. The quantitative estimate of drug-likeness (QED) is 0.758. The smallest absolute Gasteiger partial charge is 0.00147 e. The third-order valence-electron chi connectivity index (χ3n) is 4.00. The number of rotatable bonds is 5. The Balaban J connectivity index is 1.96. The number of aryl methyl sites for hydroxylation is 1. The van der Waals surface area contributed by atoms with Crippen molar-refractivity contribution in [1.29, 1.82) is 0 Å². The topological polar surface area (TPSA) is 12.0 Å². The van der Waals surface area contributed by atoms with E-state index in [9.17, 15) is 0 Å². The Bertz CT molecular complexity index is 328. The van der Waals surface area contributed by atoms with Gasteiger partial charge in [-0.3, -0.25) is 0 Å². The highest BCUT2D eigenvalue weighted by atomic mass is 14.9. The van der Waals surface area contributed by atoms with E-state index in [4.69, 9.17) is 0 Å². The molecular weight excluding hydrogens is 206 g/mol. The molecule has 0 heterocycles. The summed E-state index contributed by atoms with van der Waals surface area (Å²) < 4.78 is 0. The van der Waals surface area contributed by atoms with Gasteiger partial charge in [0.15, 0.2) is 0 Å². The lowest BCUT2D eigenvalue weighted by Crippen LogP contribution is -2.25. The maximum atomic E-state index is 3.59. The molecule has 0 aliphatic heterocycles. The molecule has 1 heteroatoms. The molecule has 1 fully saturated rings. The zero-order chi connectivity index (χ0) is 12.1. The molecule has 2 rings (SSSR count). The summed E-state index contributed by atoms with van der Waals surface area (Å²) in [4.78, 5) is 0. The predicted octanol–water partition coefficient (Wildman–Crippen LogP) is 3.88. The lowest BCUT2D eigenvalue weighted by atomic mass is 9.88. The number of benzene rings is 1. The summed E-state index contributed by atoms with van der Waals surface area (Å²) in [5, 5.41) is 3.59. The predicted molar refractivity (Wildman–Crippen MR) is 74.4 cm³/mol. The summed E-state index contributed by atoms with van der Waals surface area (Å²) in [6, 6.07) is 9.17. The van der Waals surface area contributed by atoms with Crippen LogP contribution >= 0.6 is 0 Å². The van der Waals surface area contributed by atoms with E-state index in [-0.39, 0.29) is 0 Å². The molecule has 0 aromatic heterocycles. The zero-order valence-corrected chi connectivity index (χ0v) is 11.2. The van der Waals surface area contributed by atoms with E-state index in [2.05, 4.69) is 43.4 Å². The molecule has 2 atom stereocenters. The zero-order valence-electron chi connectivity index (χ0n) is 11.2. The molecule has 0 bridgehead atoms. The fourth-order valence-corrected chi connectivity index (χ4v) is 3.00. The Morgan fingerprint density at radius 2 is 1.94 bits per heavy atom. The lowest BCUT2D eigenvalue weighted by Gasteiger charge is -2.20. The van der Waals surface area contributed by atoms with Crippen LogP contribution in [0.25, 0.3) is 0 Å². The molecule has 1 aromatic rings. The van der Waals surface area contributed by atoms with E-state index >= 15 is 0 Å². The summed E-state index contributed by atoms with van der Waals surface area (Å²) >= 11 is 0. The first-order valence-corrected chi connectivity index (χ1v) is 7.08. The van der Waals surface area contributed by atoms with Crippen LogP contribution in [0.15, 0.2) is 24.3 Å². The average molecular weight is 231 g/mol. The highest BCUT2D eigenvalue weighted by Gasteiger charge is 2.27. The van der Waals surface area contributed by atoms with Gasteiger partial charge in [-0.1, -0.05) is 43.2 Å². The molecule has 1 aromatic carbocycles. The minimum Gasteiger partial charge on any atom is -0.316 e. The average Bonchev–Trinajstić information content (AvgIpc) is 2.79. The van der Waals surface area contributed by atoms with E-state index in [1.807, 2.05) is 0 Å². The first kappa shape index (κ1) is 12.6. The molecule has 94 valence electrons. The fraction of sp³-hybridized carbons (Fsp3) is 0.625. The van der Waals surface area contributed by atoms with Crippen molar-refractivity contribution in [2.75, 3.05) is 13.1 Å². The molecule has 0 saturated heterocycles. The van der Waals surface area contributed by atoms with Gasteiger partial charge in [0.25, 0.3) is 0 Å². The minimum absolute atomic E-state index is 0.792. The molecule has 1 nitrogen and oxygen atoms in total. The Morgan fingerprint density at radius 3 is 2.65 bits per heavy atom. The van der Waals surface area contributed by atoms with Crippen LogP contribution in [0, 0.1) is 12.8 Å². The van der Waals surface area contributed by atoms with E-state index in [0.717, 1.165) is 18.4 Å². The molecule has 0 amide bonds. The molecule has 17 heavy (non-hydrogen) atoms. The van der Waals surface area contributed by atoms with Gasteiger partial charge < -0.3 is 5.32 Å². The monoisotopic (exact) mass is 231 g/mol. The van der Waals surface area contributed by atoms with Gasteiger partial charge in [-0.2, -0.15) is 0 Å². The highest BCUT2D eigenvalue weighted by Crippen LogP contribution is 2.39. The second-order valence-corrected chi connectivity index (χ2v) is 5.41. The van der Waals surface area contributed by atoms with E-state index in [1.165, 1.54) is 37.8 Å². The molecular formula is C16H25N. The van der Waals surface area contributed by atoms with Crippen molar-refractivity contribution in [2.45, 2.75) is 45.4 Å². The second kappa shape index (κ2) is 6.20. The Kier molecular flexibility index (Phi) is 4.61. The Morgan fingerprint density at radius 1 is 1.18 bits per heavy atom. The van der Waals surface area contributed by atoms with Gasteiger partial charge in [0.1, 0.15) is 0 Å². The number of nitrogens with one attached hydrogen (secondary N) is 1. The Labute approximate surface area is 106 Å². The van der Waals surface area contributed by atoms with Crippen molar-refractivity contribution >= 4 is 0 Å². The number of hydrogen-bond acceptors (Lipinski definition) is 1. The summed E-state index contributed by atoms with van der Waals surface area (Å²) in [5.41, 5.74) is 2.92. The van der Waals surface area contributed by atoms with Gasteiger partial charge >= 0.3 is 0 Å². The highest BCUT2D eigenvalue weighted by molar-refractivity contribution is 5.25. The minimum atomic E-state index is 0.792. The molecule has 1 N–H and O–H groups in total. The summed E-state index contributed by atoms with van der Waals surface area (Å²) in [7, 11) is 0. The second-order valence-electron chi connectivity index (χ2n) is 5.41. The molecule has 0 radical (unpaired) electrons. The first-order valence-electron chi connectivity index (χ1n) is 7.08. The van der Waals surface area contributed by atoms with Crippen molar-refractivity contribution < 1.29 is 0 Å². The SMILES string of the molecule is CCCNCC1CCCC1c1ccc(C)cc1. The van der Waals surface area contributed by atoms with E-state index in [1.54, 1.807) is 5.56 Å². The fourth-order valence-electron chi connectivity index (χ4n) is 3.00. The van der Waals surface area contributed by atoms with Gasteiger partial charge in [-0.15, -0.1) is 0 Å². The van der Waals surface area contributed by atoms with Crippen LogP contribution in [0.1, 0.15) is 49.7 Å². The maximum Gasteiger partial charge on any atom is -0.00147 e. The van der Waals surface area contributed by atoms with Gasteiger partial charge in [0, 0.05) is 0 Å². The first-order chi connectivity index (χ1) is 8.31. The van der Waals surface area contributed by atoms with Crippen molar-refractivity contribution in [2.24, 2.45) is 5.92 Å². The van der Waals surface area contributed by atoms with Crippen LogP contribution in [0.2, 0.25) is 0 Å². The largest absolute Gasteiger partial charge is 0.316 e. The van der Waals surface area contributed by atoms with Crippen LogP contribution in [-0.2, 0) is 0 Å². The lowest BCUT2D eigenvalue weighted by molar-refractivity contribution is 0.444. The van der Waals surface area contributed by atoms with Gasteiger partial charge in [0.05, 0.1) is 0 Å². The van der Waals surface area contributed by atoms with Crippen LogP contribution in [0.4, 0.5) is 0 Å².